The zero-order chi connectivity index (χ0) is 15.1. The van der Waals surface area contributed by atoms with Gasteiger partial charge in [-0.25, -0.2) is 0 Å². The molecule has 1 saturated heterocycles. The molecule has 2 rings (SSSR count). The number of guanidine groups is 1. The molecule has 3 nitrogen and oxygen atoms in total. The maximum Gasteiger partial charge on any atom is 0.193 e. The Balaban J connectivity index is 1.82. The lowest BCUT2D eigenvalue weighted by molar-refractivity contribution is 0.381. The molecule has 1 aliphatic heterocycles. The molecule has 0 bridgehead atoms. The molecular formula is C17H27N3S. The summed E-state index contributed by atoms with van der Waals surface area (Å²) in [4.78, 5) is 6.87. The van der Waals surface area contributed by atoms with Gasteiger partial charge in [0, 0.05) is 37.7 Å². The molecule has 0 spiro atoms. The first-order valence-corrected chi connectivity index (χ1v) is 8.86. The lowest BCUT2D eigenvalue weighted by Gasteiger charge is -2.36. The first kappa shape index (κ1) is 16.2. The van der Waals surface area contributed by atoms with E-state index >= 15 is 0 Å². The molecule has 1 aromatic rings. The van der Waals surface area contributed by atoms with Gasteiger partial charge in [-0.2, -0.15) is 11.8 Å². The first-order chi connectivity index (χ1) is 10.2. The molecule has 0 saturated carbocycles. The molecule has 0 aliphatic carbocycles. The third-order valence-corrected chi connectivity index (χ3v) is 5.43. The summed E-state index contributed by atoms with van der Waals surface area (Å²) in [5.41, 5.74) is 1.37. The average Bonchev–Trinajstić information content (AvgIpc) is 2.52. The minimum absolute atomic E-state index is 0.714. The fourth-order valence-corrected chi connectivity index (χ4v) is 3.87. The summed E-state index contributed by atoms with van der Waals surface area (Å²) in [7, 11) is 1.89. The number of rotatable bonds is 4. The van der Waals surface area contributed by atoms with Crippen molar-refractivity contribution in [1.82, 2.24) is 10.2 Å². The molecule has 1 N–H and O–H groups in total. The molecule has 0 amide bonds. The maximum absolute atomic E-state index is 4.46. The quantitative estimate of drug-likeness (QED) is 0.685. The molecule has 1 fully saturated rings. The summed E-state index contributed by atoms with van der Waals surface area (Å²) < 4.78 is 0. The van der Waals surface area contributed by atoms with E-state index in [2.05, 4.69) is 71.2 Å². The fourth-order valence-electron chi connectivity index (χ4n) is 2.57. The Morgan fingerprint density at radius 3 is 2.81 bits per heavy atom. The zero-order valence-electron chi connectivity index (χ0n) is 13.4. The Kier molecular flexibility index (Phi) is 6.43. The number of nitrogens with zero attached hydrogens (tertiary/aromatic N) is 2. The van der Waals surface area contributed by atoms with Gasteiger partial charge in [-0.05, 0) is 17.9 Å². The highest BCUT2D eigenvalue weighted by atomic mass is 32.2. The third kappa shape index (κ3) is 4.95. The Morgan fingerprint density at radius 2 is 2.14 bits per heavy atom. The van der Waals surface area contributed by atoms with Crippen LogP contribution in [0.5, 0.6) is 0 Å². The minimum Gasteiger partial charge on any atom is -0.356 e. The van der Waals surface area contributed by atoms with Crippen LogP contribution in [-0.4, -0.2) is 48.5 Å². The highest BCUT2D eigenvalue weighted by Crippen LogP contribution is 2.24. The van der Waals surface area contributed by atoms with Crippen molar-refractivity contribution in [3.8, 4) is 0 Å². The monoisotopic (exact) mass is 305 g/mol. The molecule has 1 aromatic carbocycles. The molecular weight excluding hydrogens is 278 g/mol. The van der Waals surface area contributed by atoms with Crippen molar-refractivity contribution in [2.24, 2.45) is 10.9 Å². The molecule has 1 aliphatic rings. The number of thioether (sulfide) groups is 1. The van der Waals surface area contributed by atoms with Gasteiger partial charge in [0.05, 0.1) is 0 Å². The van der Waals surface area contributed by atoms with Crippen LogP contribution < -0.4 is 5.32 Å². The van der Waals surface area contributed by atoms with Crippen molar-refractivity contribution in [1.29, 1.82) is 0 Å². The summed E-state index contributed by atoms with van der Waals surface area (Å²) in [6, 6.07) is 10.6. The van der Waals surface area contributed by atoms with E-state index in [4.69, 9.17) is 0 Å². The Labute approximate surface area is 133 Å². The molecule has 1 atom stereocenters. The molecule has 116 valence electrons. The second kappa shape index (κ2) is 8.32. The lowest BCUT2D eigenvalue weighted by atomic mass is 10.1. The Morgan fingerprint density at radius 1 is 1.38 bits per heavy atom. The van der Waals surface area contributed by atoms with Crippen LogP contribution in [0, 0.1) is 5.92 Å². The molecule has 4 heteroatoms. The van der Waals surface area contributed by atoms with Gasteiger partial charge >= 0.3 is 0 Å². The predicted molar refractivity (Wildman–Crippen MR) is 94.2 cm³/mol. The number of benzene rings is 1. The Bertz CT molecular complexity index is 445. The van der Waals surface area contributed by atoms with E-state index in [-0.39, 0.29) is 0 Å². The lowest BCUT2D eigenvalue weighted by Crippen LogP contribution is -2.49. The van der Waals surface area contributed by atoms with Crippen LogP contribution in [0.25, 0.3) is 0 Å². The van der Waals surface area contributed by atoms with E-state index in [0.717, 1.165) is 37.9 Å². The molecule has 1 unspecified atom stereocenters. The van der Waals surface area contributed by atoms with Crippen LogP contribution in [0.2, 0.25) is 0 Å². The van der Waals surface area contributed by atoms with Crippen molar-refractivity contribution in [2.75, 3.05) is 32.4 Å². The van der Waals surface area contributed by atoms with Gasteiger partial charge in [0.15, 0.2) is 5.96 Å². The van der Waals surface area contributed by atoms with Gasteiger partial charge in [-0.1, -0.05) is 44.2 Å². The third-order valence-electron chi connectivity index (χ3n) is 3.89. The number of nitrogens with one attached hydrogen (secondary N) is 1. The average molecular weight is 305 g/mol. The van der Waals surface area contributed by atoms with Gasteiger partial charge in [-0.15, -0.1) is 0 Å². The molecule has 21 heavy (non-hydrogen) atoms. The smallest absolute Gasteiger partial charge is 0.193 e. The highest BCUT2D eigenvalue weighted by molar-refractivity contribution is 8.00. The van der Waals surface area contributed by atoms with Crippen LogP contribution in [0.3, 0.4) is 0 Å². The summed E-state index contributed by atoms with van der Waals surface area (Å²) in [6.07, 6.45) is 1.04. The van der Waals surface area contributed by atoms with Crippen molar-refractivity contribution < 1.29 is 0 Å². The zero-order valence-corrected chi connectivity index (χ0v) is 14.2. The normalized spacial score (nSPS) is 19.9. The van der Waals surface area contributed by atoms with Crippen molar-refractivity contribution >= 4 is 17.7 Å². The first-order valence-electron chi connectivity index (χ1n) is 7.82. The summed E-state index contributed by atoms with van der Waals surface area (Å²) in [6.45, 7) is 7.76. The van der Waals surface area contributed by atoms with Gasteiger partial charge < -0.3 is 10.2 Å². The van der Waals surface area contributed by atoms with Crippen molar-refractivity contribution in [2.45, 2.75) is 25.5 Å². The van der Waals surface area contributed by atoms with E-state index in [1.165, 1.54) is 11.3 Å². The van der Waals surface area contributed by atoms with E-state index < -0.39 is 0 Å². The largest absolute Gasteiger partial charge is 0.356 e. The predicted octanol–water partition coefficient (Wildman–Crippen LogP) is 2.88. The van der Waals surface area contributed by atoms with Crippen LogP contribution >= 0.6 is 11.8 Å². The molecule has 0 radical (unpaired) electrons. The van der Waals surface area contributed by atoms with Gasteiger partial charge in [0.25, 0.3) is 0 Å². The van der Waals surface area contributed by atoms with E-state index in [1.54, 1.807) is 0 Å². The van der Waals surface area contributed by atoms with Gasteiger partial charge in [0.2, 0.25) is 0 Å². The molecule has 0 aromatic heterocycles. The summed E-state index contributed by atoms with van der Waals surface area (Å²) >= 11 is 2.10. The van der Waals surface area contributed by atoms with E-state index in [1.807, 2.05) is 7.05 Å². The van der Waals surface area contributed by atoms with Crippen LogP contribution in [0.15, 0.2) is 35.3 Å². The van der Waals surface area contributed by atoms with Crippen LogP contribution in [-0.2, 0) is 6.42 Å². The van der Waals surface area contributed by atoms with Gasteiger partial charge in [-0.3, -0.25) is 4.99 Å². The maximum atomic E-state index is 4.46. The summed E-state index contributed by atoms with van der Waals surface area (Å²) in [5.74, 6) is 2.97. The summed E-state index contributed by atoms with van der Waals surface area (Å²) in [5, 5.41) is 4.23. The highest BCUT2D eigenvalue weighted by Gasteiger charge is 2.24. The number of hydrogen-bond acceptors (Lipinski definition) is 2. The standard InChI is InChI=1S/C17H27N3S/c1-14(2)16-13-20(11-12-21-16)17(18-3)19-10-9-15-7-5-4-6-8-15/h4-8,14,16H,9-13H2,1-3H3,(H,18,19). The van der Waals surface area contributed by atoms with Crippen LogP contribution in [0.1, 0.15) is 19.4 Å². The number of hydrogen-bond donors (Lipinski definition) is 1. The van der Waals surface area contributed by atoms with E-state index in [0.29, 0.717) is 5.25 Å². The fraction of sp³-hybridized carbons (Fsp3) is 0.588. The van der Waals surface area contributed by atoms with E-state index in [9.17, 15) is 0 Å². The second-order valence-corrected chi connectivity index (χ2v) is 7.16. The Hall–Kier alpha value is -1.16. The molecule has 1 heterocycles. The van der Waals surface area contributed by atoms with Crippen molar-refractivity contribution in [3.05, 3.63) is 35.9 Å². The van der Waals surface area contributed by atoms with Crippen molar-refractivity contribution in [3.63, 3.8) is 0 Å². The SMILES string of the molecule is CN=C(NCCc1ccccc1)N1CCSC(C(C)C)C1. The minimum atomic E-state index is 0.714. The van der Waals surface area contributed by atoms with Gasteiger partial charge in [0.1, 0.15) is 0 Å². The topological polar surface area (TPSA) is 27.6 Å². The van der Waals surface area contributed by atoms with Crippen LogP contribution in [0.4, 0.5) is 0 Å². The second-order valence-electron chi connectivity index (χ2n) is 5.81. The number of aliphatic imine (C=N–C) groups is 1.